The second-order valence-corrected chi connectivity index (χ2v) is 13.3. The summed E-state index contributed by atoms with van der Waals surface area (Å²) in [6.45, 7) is 0.699. The van der Waals surface area contributed by atoms with Gasteiger partial charge >= 0.3 is 0 Å². The van der Waals surface area contributed by atoms with Gasteiger partial charge in [0.2, 0.25) is 0 Å². The zero-order valence-electron chi connectivity index (χ0n) is 23.3. The summed E-state index contributed by atoms with van der Waals surface area (Å²) in [4.78, 5) is 23.4. The lowest BCUT2D eigenvalue weighted by molar-refractivity contribution is -0.230. The zero-order chi connectivity index (χ0) is 29.5. The molecule has 0 spiro atoms. The molecule has 4 aliphatic carbocycles. The normalized spacial score (nSPS) is 23.8. The fraction of sp³-hybridized carbons (Fsp3) is 0.406. The van der Waals surface area contributed by atoms with Gasteiger partial charge in [-0.15, -0.1) is 0 Å². The summed E-state index contributed by atoms with van der Waals surface area (Å²) in [6, 6.07) is 9.07. The molecule has 5 aliphatic rings. The number of aliphatic hydroxyl groups is 1. The highest BCUT2D eigenvalue weighted by Crippen LogP contribution is 2.73. The van der Waals surface area contributed by atoms with Crippen molar-refractivity contribution >= 4 is 34.2 Å². The summed E-state index contributed by atoms with van der Waals surface area (Å²) in [6.07, 6.45) is 9.15. The SMILES string of the molecule is N#Cc1c(CC2CC2)nc2c(cnn2CC23CC(CO)(C2)C3)c1-c1ccc2c(c1)OCC(=O)N2Cc1ncc(Cl)cc1F. The lowest BCUT2D eigenvalue weighted by Gasteiger charge is -2.70. The fourth-order valence-corrected chi connectivity index (χ4v) is 7.69. The molecule has 9 nitrogen and oxygen atoms in total. The minimum absolute atomic E-state index is 0.0713. The molecule has 9 rings (SSSR count). The van der Waals surface area contributed by atoms with Crippen LogP contribution >= 0.6 is 11.6 Å². The molecule has 1 N–H and O–H groups in total. The zero-order valence-corrected chi connectivity index (χ0v) is 24.1. The standard InChI is InChI=1S/C32H28ClFN6O3/c33-20-7-23(34)25(36-9-20)11-39-26-4-3-19(6-27(26)43-12-28(39)42)29-21(8-35)24(5-18-1-2-18)38-30-22(29)10-37-40(30)16-31-13-32(14-31,15-31)17-41/h3-4,6-7,9-10,18,41H,1-2,5,11-17H2. The van der Waals surface area contributed by atoms with Gasteiger partial charge in [0.25, 0.3) is 5.91 Å². The second-order valence-electron chi connectivity index (χ2n) is 12.8. The number of nitriles is 1. The molecule has 4 aromatic rings. The molecule has 3 aromatic heterocycles. The van der Waals surface area contributed by atoms with Gasteiger partial charge in [-0.2, -0.15) is 10.4 Å². The van der Waals surface area contributed by atoms with E-state index in [4.69, 9.17) is 26.4 Å². The molecule has 0 atom stereocenters. The summed E-state index contributed by atoms with van der Waals surface area (Å²) < 4.78 is 22.4. The Labute approximate surface area is 251 Å². The summed E-state index contributed by atoms with van der Waals surface area (Å²) in [5.41, 5.74) is 4.42. The maximum absolute atomic E-state index is 14.6. The Hall–Kier alpha value is -4.07. The van der Waals surface area contributed by atoms with Crippen molar-refractivity contribution in [1.82, 2.24) is 19.7 Å². The van der Waals surface area contributed by atoms with Gasteiger partial charge in [-0.25, -0.2) is 14.1 Å². The molecule has 1 amide bonds. The van der Waals surface area contributed by atoms with E-state index in [1.165, 1.54) is 17.2 Å². The van der Waals surface area contributed by atoms with Crippen molar-refractivity contribution in [3.63, 3.8) is 0 Å². The van der Waals surface area contributed by atoms with Gasteiger partial charge < -0.3 is 9.84 Å². The van der Waals surface area contributed by atoms with Crippen LogP contribution in [0, 0.1) is 33.9 Å². The molecule has 2 bridgehead atoms. The highest BCUT2D eigenvalue weighted by atomic mass is 35.5. The van der Waals surface area contributed by atoms with Gasteiger partial charge in [-0.1, -0.05) is 17.7 Å². The van der Waals surface area contributed by atoms with E-state index in [0.717, 1.165) is 72.9 Å². The van der Waals surface area contributed by atoms with Crippen molar-refractivity contribution in [3.8, 4) is 22.9 Å². The summed E-state index contributed by atoms with van der Waals surface area (Å²) in [7, 11) is 0. The molecule has 43 heavy (non-hydrogen) atoms. The first-order valence-corrected chi connectivity index (χ1v) is 14.9. The van der Waals surface area contributed by atoms with Crippen LogP contribution in [0.4, 0.5) is 10.1 Å². The average Bonchev–Trinajstić information content (AvgIpc) is 3.69. The number of ether oxygens (including phenoxy) is 1. The highest BCUT2D eigenvalue weighted by Gasteiger charge is 2.67. The average molecular weight is 599 g/mol. The largest absolute Gasteiger partial charge is 0.482 e. The van der Waals surface area contributed by atoms with E-state index in [-0.39, 0.29) is 47.2 Å². The third-order valence-electron chi connectivity index (χ3n) is 9.61. The predicted molar refractivity (Wildman–Crippen MR) is 156 cm³/mol. The van der Waals surface area contributed by atoms with Crippen LogP contribution in [0.5, 0.6) is 5.75 Å². The topological polar surface area (TPSA) is 117 Å². The number of hydrogen-bond donors (Lipinski definition) is 1. The molecule has 0 unspecified atom stereocenters. The van der Waals surface area contributed by atoms with Crippen LogP contribution in [-0.4, -0.2) is 44.0 Å². The van der Waals surface area contributed by atoms with E-state index in [0.29, 0.717) is 22.9 Å². The quantitative estimate of drug-likeness (QED) is 0.296. The van der Waals surface area contributed by atoms with E-state index in [1.807, 2.05) is 16.8 Å². The van der Waals surface area contributed by atoms with Crippen LogP contribution in [0.25, 0.3) is 22.2 Å². The number of pyridine rings is 2. The predicted octanol–water partition coefficient (Wildman–Crippen LogP) is 5.20. The van der Waals surface area contributed by atoms with Crippen molar-refractivity contribution in [2.75, 3.05) is 18.1 Å². The second kappa shape index (κ2) is 9.46. The number of carbonyl (C=O) groups excluding carboxylic acids is 1. The first-order valence-electron chi connectivity index (χ1n) is 14.6. The van der Waals surface area contributed by atoms with Gasteiger partial charge in [-0.05, 0) is 79.0 Å². The smallest absolute Gasteiger partial charge is 0.265 e. The van der Waals surface area contributed by atoms with E-state index >= 15 is 0 Å². The van der Waals surface area contributed by atoms with Gasteiger partial charge in [0.15, 0.2) is 12.3 Å². The third-order valence-corrected chi connectivity index (χ3v) is 9.81. The molecule has 1 aromatic carbocycles. The van der Waals surface area contributed by atoms with Crippen molar-refractivity contribution < 1.29 is 19.0 Å². The molecule has 0 radical (unpaired) electrons. The fourth-order valence-electron chi connectivity index (χ4n) is 7.54. The Bertz CT molecular complexity index is 1860. The molecular weight excluding hydrogens is 571 g/mol. The monoisotopic (exact) mass is 598 g/mol. The number of halogens is 2. The number of rotatable bonds is 8. The molecule has 4 fully saturated rings. The number of fused-ring (bicyclic) bond motifs is 2. The van der Waals surface area contributed by atoms with E-state index < -0.39 is 5.82 Å². The van der Waals surface area contributed by atoms with Crippen LogP contribution < -0.4 is 9.64 Å². The Morgan fingerprint density at radius 1 is 1.16 bits per heavy atom. The van der Waals surface area contributed by atoms with Gasteiger partial charge in [-0.3, -0.25) is 14.7 Å². The molecule has 0 saturated heterocycles. The van der Waals surface area contributed by atoms with E-state index in [9.17, 15) is 19.6 Å². The molecule has 4 saturated carbocycles. The molecule has 218 valence electrons. The molecule has 4 heterocycles. The number of aliphatic hydroxyl groups excluding tert-OH is 1. The van der Waals surface area contributed by atoms with Gasteiger partial charge in [0.1, 0.15) is 17.6 Å². The minimum Gasteiger partial charge on any atom is -0.482 e. The van der Waals surface area contributed by atoms with Crippen LogP contribution in [0.3, 0.4) is 0 Å². The lowest BCUT2D eigenvalue weighted by Crippen LogP contribution is -2.64. The Morgan fingerprint density at radius 2 is 1.98 bits per heavy atom. The molecule has 11 heteroatoms. The summed E-state index contributed by atoms with van der Waals surface area (Å²) in [5.74, 6) is 0.0784. The van der Waals surface area contributed by atoms with Crippen molar-refractivity contribution in [2.24, 2.45) is 16.7 Å². The van der Waals surface area contributed by atoms with E-state index in [1.54, 1.807) is 12.3 Å². The Kier molecular flexibility index (Phi) is 5.84. The number of nitrogens with zero attached hydrogens (tertiary/aromatic N) is 6. The third kappa shape index (κ3) is 4.28. The van der Waals surface area contributed by atoms with E-state index in [2.05, 4.69) is 11.1 Å². The maximum Gasteiger partial charge on any atom is 0.265 e. The van der Waals surface area contributed by atoms with Gasteiger partial charge in [0, 0.05) is 30.3 Å². The lowest BCUT2D eigenvalue weighted by atomic mass is 9.35. The first kappa shape index (κ1) is 26.5. The van der Waals surface area contributed by atoms with Crippen LogP contribution in [-0.2, 0) is 24.3 Å². The van der Waals surface area contributed by atoms with Crippen molar-refractivity contribution in [2.45, 2.75) is 51.6 Å². The van der Waals surface area contributed by atoms with Gasteiger partial charge in [0.05, 0.1) is 40.4 Å². The first-order chi connectivity index (χ1) is 20.8. The number of carbonyl (C=O) groups is 1. The summed E-state index contributed by atoms with van der Waals surface area (Å²) >= 11 is 5.86. The number of anilines is 1. The minimum atomic E-state index is -0.589. The number of benzene rings is 1. The number of hydrogen-bond acceptors (Lipinski definition) is 7. The Balaban J connectivity index is 1.20. The number of aromatic nitrogens is 4. The van der Waals surface area contributed by atoms with Crippen LogP contribution in [0.2, 0.25) is 5.02 Å². The van der Waals surface area contributed by atoms with Crippen LogP contribution in [0.1, 0.15) is 49.1 Å². The molecular formula is C32H28ClFN6O3. The Morgan fingerprint density at radius 3 is 2.70 bits per heavy atom. The van der Waals surface area contributed by atoms with Crippen LogP contribution in [0.15, 0.2) is 36.7 Å². The van der Waals surface area contributed by atoms with Crippen molar-refractivity contribution in [1.29, 1.82) is 5.26 Å². The summed E-state index contributed by atoms with van der Waals surface area (Å²) in [5, 5.41) is 25.9. The number of amides is 1. The molecule has 1 aliphatic heterocycles. The maximum atomic E-state index is 14.6. The van der Waals surface area contributed by atoms with Crippen molar-refractivity contribution in [3.05, 3.63) is 64.5 Å². The highest BCUT2D eigenvalue weighted by molar-refractivity contribution is 6.30.